The molecule has 0 radical (unpaired) electrons. The summed E-state index contributed by atoms with van der Waals surface area (Å²) in [4.78, 5) is 21.5. The number of hydrogen-bond donors (Lipinski definition) is 0. The maximum absolute atomic E-state index is 11.4. The quantitative estimate of drug-likeness (QED) is 0.191. The molecule has 0 aliphatic carbocycles. The van der Waals surface area contributed by atoms with Gasteiger partial charge in [-0.2, -0.15) is 0 Å². The molecule has 0 heterocycles. The number of unbranched alkanes of at least 4 members (excludes halogenated alkanes) is 9. The van der Waals surface area contributed by atoms with Gasteiger partial charge < -0.3 is 9.53 Å². The van der Waals surface area contributed by atoms with Crippen LogP contribution in [0.5, 0.6) is 0 Å². The average molecular weight is 282 g/mol. The Morgan fingerprint density at radius 2 is 1.45 bits per heavy atom. The Hall–Kier alpha value is -1.12. The number of hydrogen-bond acceptors (Lipinski definition) is 3. The van der Waals surface area contributed by atoms with E-state index in [4.69, 9.17) is 4.74 Å². The van der Waals surface area contributed by atoms with E-state index in [0.29, 0.717) is 19.4 Å². The third-order valence-corrected chi connectivity index (χ3v) is 3.27. The third-order valence-electron chi connectivity index (χ3n) is 3.27. The maximum atomic E-state index is 11.4. The summed E-state index contributed by atoms with van der Waals surface area (Å²) in [6.45, 7) is 4.20. The highest BCUT2D eigenvalue weighted by Gasteiger charge is 2.02. The molecule has 0 aliphatic heterocycles. The van der Waals surface area contributed by atoms with E-state index < -0.39 is 0 Å². The molecule has 0 atom stereocenters. The van der Waals surface area contributed by atoms with Crippen LogP contribution in [0.25, 0.3) is 0 Å². The lowest BCUT2D eigenvalue weighted by Crippen LogP contribution is -2.05. The molecule has 0 aromatic heterocycles. The lowest BCUT2D eigenvalue weighted by atomic mass is 10.1. The van der Waals surface area contributed by atoms with E-state index in [9.17, 15) is 9.59 Å². The van der Waals surface area contributed by atoms with Gasteiger partial charge in [0.1, 0.15) is 6.29 Å². The summed E-state index contributed by atoms with van der Waals surface area (Å²) in [6.07, 6.45) is 14.9. The number of allylic oxidation sites excluding steroid dienone is 1. The first-order valence-corrected chi connectivity index (χ1v) is 8.01. The van der Waals surface area contributed by atoms with Crippen LogP contribution in [0, 0.1) is 0 Å². The van der Waals surface area contributed by atoms with E-state index in [2.05, 4.69) is 6.58 Å². The van der Waals surface area contributed by atoms with Crippen molar-refractivity contribution in [2.75, 3.05) is 6.61 Å². The monoisotopic (exact) mass is 282 g/mol. The highest BCUT2D eigenvalue weighted by atomic mass is 16.5. The molecule has 0 N–H and O–H groups in total. The lowest BCUT2D eigenvalue weighted by molar-refractivity contribution is -0.143. The minimum absolute atomic E-state index is 0.0768. The van der Waals surface area contributed by atoms with Gasteiger partial charge in [-0.3, -0.25) is 4.79 Å². The van der Waals surface area contributed by atoms with Crippen LogP contribution in [-0.4, -0.2) is 18.9 Å². The summed E-state index contributed by atoms with van der Waals surface area (Å²) >= 11 is 0. The molecule has 20 heavy (non-hydrogen) atoms. The van der Waals surface area contributed by atoms with Crippen LogP contribution in [0.2, 0.25) is 0 Å². The summed E-state index contributed by atoms with van der Waals surface area (Å²) in [5.74, 6) is -0.0768. The number of carbonyl (C=O) groups is 2. The predicted octanol–water partition coefficient (Wildman–Crippen LogP) is 4.60. The Labute approximate surface area is 123 Å². The second-order valence-corrected chi connectivity index (χ2v) is 5.19. The van der Waals surface area contributed by atoms with Crippen molar-refractivity contribution < 1.29 is 14.3 Å². The summed E-state index contributed by atoms with van der Waals surface area (Å²) in [5, 5.41) is 0. The van der Waals surface area contributed by atoms with Gasteiger partial charge in [0.15, 0.2) is 0 Å². The van der Waals surface area contributed by atoms with Crippen molar-refractivity contribution in [3.63, 3.8) is 0 Å². The van der Waals surface area contributed by atoms with Crippen molar-refractivity contribution in [1.82, 2.24) is 0 Å². The Morgan fingerprint density at radius 1 is 0.850 bits per heavy atom. The summed E-state index contributed by atoms with van der Waals surface area (Å²) < 4.78 is 5.14. The van der Waals surface area contributed by atoms with Crippen LogP contribution in [0.15, 0.2) is 12.7 Å². The highest BCUT2D eigenvalue weighted by molar-refractivity contribution is 5.69. The molecule has 3 nitrogen and oxygen atoms in total. The van der Waals surface area contributed by atoms with Gasteiger partial charge in [-0.1, -0.05) is 31.8 Å². The van der Waals surface area contributed by atoms with Crippen molar-refractivity contribution in [3.8, 4) is 0 Å². The van der Waals surface area contributed by atoms with Crippen molar-refractivity contribution in [2.45, 2.75) is 77.0 Å². The molecule has 116 valence electrons. The first-order chi connectivity index (χ1) is 9.81. The normalized spacial score (nSPS) is 10.2. The second kappa shape index (κ2) is 15.9. The fourth-order valence-electron chi connectivity index (χ4n) is 2.03. The molecule has 0 bridgehead atoms. The van der Waals surface area contributed by atoms with E-state index in [1.54, 1.807) is 0 Å². The van der Waals surface area contributed by atoms with Crippen molar-refractivity contribution in [1.29, 1.82) is 0 Å². The molecular weight excluding hydrogens is 252 g/mol. The molecule has 0 aromatic rings. The maximum Gasteiger partial charge on any atom is 0.305 e. The molecule has 3 heteroatoms. The SMILES string of the molecule is C=CCCCCCCCCC(=O)OCCCCCC=O. The van der Waals surface area contributed by atoms with E-state index in [0.717, 1.165) is 44.8 Å². The number of esters is 1. The smallest absolute Gasteiger partial charge is 0.305 e. The molecular formula is C17H30O3. The number of carbonyl (C=O) groups excluding carboxylic acids is 2. The van der Waals surface area contributed by atoms with Crippen LogP contribution in [0.4, 0.5) is 0 Å². The van der Waals surface area contributed by atoms with Crippen LogP contribution in [-0.2, 0) is 14.3 Å². The zero-order chi connectivity index (χ0) is 14.9. The Morgan fingerprint density at radius 3 is 2.15 bits per heavy atom. The first-order valence-electron chi connectivity index (χ1n) is 8.01. The van der Waals surface area contributed by atoms with Crippen molar-refractivity contribution in [2.24, 2.45) is 0 Å². The van der Waals surface area contributed by atoms with Gasteiger partial charge in [-0.15, -0.1) is 6.58 Å². The predicted molar refractivity (Wildman–Crippen MR) is 82.6 cm³/mol. The van der Waals surface area contributed by atoms with E-state index in [1.165, 1.54) is 25.7 Å². The molecule has 0 saturated heterocycles. The lowest BCUT2D eigenvalue weighted by Gasteiger charge is -2.04. The van der Waals surface area contributed by atoms with Gasteiger partial charge in [-0.25, -0.2) is 0 Å². The first kappa shape index (κ1) is 18.9. The Kier molecular flexibility index (Phi) is 15.0. The molecule has 0 aromatic carbocycles. The number of ether oxygens (including phenoxy) is 1. The third kappa shape index (κ3) is 14.9. The average Bonchev–Trinajstić information content (AvgIpc) is 2.45. The van der Waals surface area contributed by atoms with Gasteiger partial charge in [0.05, 0.1) is 6.61 Å². The fourth-order valence-corrected chi connectivity index (χ4v) is 2.03. The molecule has 0 fully saturated rings. The van der Waals surface area contributed by atoms with E-state index >= 15 is 0 Å². The fraction of sp³-hybridized carbons (Fsp3) is 0.765. The zero-order valence-corrected chi connectivity index (χ0v) is 12.8. The minimum atomic E-state index is -0.0768. The molecule has 0 unspecified atom stereocenters. The minimum Gasteiger partial charge on any atom is -0.466 e. The van der Waals surface area contributed by atoms with Gasteiger partial charge >= 0.3 is 5.97 Å². The summed E-state index contributed by atoms with van der Waals surface area (Å²) in [5.41, 5.74) is 0. The van der Waals surface area contributed by atoms with E-state index in [-0.39, 0.29) is 5.97 Å². The van der Waals surface area contributed by atoms with Gasteiger partial charge in [-0.05, 0) is 38.5 Å². The number of aldehydes is 1. The highest BCUT2D eigenvalue weighted by Crippen LogP contribution is 2.09. The summed E-state index contributed by atoms with van der Waals surface area (Å²) in [7, 11) is 0. The Bertz CT molecular complexity index is 249. The largest absolute Gasteiger partial charge is 0.466 e. The van der Waals surface area contributed by atoms with Gasteiger partial charge in [0.2, 0.25) is 0 Å². The Balaban J connectivity index is 3.16. The van der Waals surface area contributed by atoms with Gasteiger partial charge in [0, 0.05) is 12.8 Å². The topological polar surface area (TPSA) is 43.4 Å². The summed E-state index contributed by atoms with van der Waals surface area (Å²) in [6, 6.07) is 0. The molecule has 0 saturated carbocycles. The van der Waals surface area contributed by atoms with Crippen LogP contribution in [0.1, 0.15) is 77.0 Å². The van der Waals surface area contributed by atoms with E-state index in [1.807, 2.05) is 6.08 Å². The van der Waals surface area contributed by atoms with Crippen molar-refractivity contribution >= 4 is 12.3 Å². The van der Waals surface area contributed by atoms with Gasteiger partial charge in [0.25, 0.3) is 0 Å². The van der Waals surface area contributed by atoms with Crippen LogP contribution >= 0.6 is 0 Å². The molecule has 0 amide bonds. The molecule has 0 aliphatic rings. The zero-order valence-electron chi connectivity index (χ0n) is 12.8. The number of rotatable bonds is 15. The van der Waals surface area contributed by atoms with Crippen LogP contribution in [0.3, 0.4) is 0 Å². The second-order valence-electron chi connectivity index (χ2n) is 5.19. The molecule has 0 rings (SSSR count). The van der Waals surface area contributed by atoms with Crippen molar-refractivity contribution in [3.05, 3.63) is 12.7 Å². The molecule has 0 spiro atoms. The standard InChI is InChI=1S/C17H30O3/c1-2-3-4-5-6-7-8-11-14-17(19)20-16-13-10-9-12-15-18/h2,15H,1,3-14,16H2. The van der Waals surface area contributed by atoms with Crippen LogP contribution < -0.4 is 0 Å².